The van der Waals surface area contributed by atoms with E-state index >= 15 is 0 Å². The number of ether oxygens (including phenoxy) is 1. The molecular formula is C21H27N5O2. The molecule has 148 valence electrons. The lowest BCUT2D eigenvalue weighted by atomic mass is 10.1. The number of Topliss-reactive ketones (excluding diaryl/α,β-unsaturated/α-hetero) is 1. The maximum atomic E-state index is 12.2. The van der Waals surface area contributed by atoms with Crippen LogP contribution in [0, 0.1) is 0 Å². The standard InChI is InChI=1S/C21H27N5O2/c1-3-18(27)16-4-5-19-24-20(17-6-7-22-15(17)2)21(26(19)14-16)23-8-9-25-10-12-28-13-11-25/h4-5,7,14,23H,3,6,8-13H2,1-2H3. The van der Waals surface area contributed by atoms with Gasteiger partial charge in [-0.15, -0.1) is 0 Å². The van der Waals surface area contributed by atoms with E-state index in [1.54, 1.807) is 0 Å². The maximum Gasteiger partial charge on any atom is 0.164 e. The third-order valence-electron chi connectivity index (χ3n) is 5.39. The first kappa shape index (κ1) is 18.8. The Morgan fingerprint density at radius 1 is 1.29 bits per heavy atom. The van der Waals surface area contributed by atoms with Gasteiger partial charge in [-0.2, -0.15) is 0 Å². The van der Waals surface area contributed by atoms with E-state index in [-0.39, 0.29) is 5.78 Å². The molecule has 0 unspecified atom stereocenters. The minimum Gasteiger partial charge on any atom is -0.379 e. The average molecular weight is 381 g/mol. The first-order chi connectivity index (χ1) is 13.7. The van der Waals surface area contributed by atoms with Gasteiger partial charge in [-0.3, -0.25) is 19.1 Å². The summed E-state index contributed by atoms with van der Waals surface area (Å²) < 4.78 is 7.44. The average Bonchev–Trinajstić information content (AvgIpc) is 3.31. The molecule has 2 aliphatic heterocycles. The van der Waals surface area contributed by atoms with Crippen LogP contribution in [-0.4, -0.2) is 65.7 Å². The molecule has 0 spiro atoms. The van der Waals surface area contributed by atoms with Gasteiger partial charge in [0.25, 0.3) is 0 Å². The Morgan fingerprint density at radius 2 is 2.11 bits per heavy atom. The van der Waals surface area contributed by atoms with Crippen LogP contribution in [0.2, 0.25) is 0 Å². The van der Waals surface area contributed by atoms with Crippen LogP contribution in [0.5, 0.6) is 0 Å². The number of nitrogens with one attached hydrogen (secondary N) is 1. The fraction of sp³-hybridized carbons (Fsp3) is 0.476. The van der Waals surface area contributed by atoms with Gasteiger partial charge in [0.2, 0.25) is 0 Å². The van der Waals surface area contributed by atoms with Gasteiger partial charge in [0.15, 0.2) is 5.78 Å². The highest BCUT2D eigenvalue weighted by atomic mass is 16.5. The molecule has 4 rings (SSSR count). The monoisotopic (exact) mass is 381 g/mol. The smallest absolute Gasteiger partial charge is 0.164 e. The van der Waals surface area contributed by atoms with E-state index in [1.807, 2.05) is 42.8 Å². The summed E-state index contributed by atoms with van der Waals surface area (Å²) >= 11 is 0. The van der Waals surface area contributed by atoms with Crippen LogP contribution < -0.4 is 5.32 Å². The number of hydrogen-bond acceptors (Lipinski definition) is 6. The topological polar surface area (TPSA) is 71.2 Å². The largest absolute Gasteiger partial charge is 0.379 e. The molecule has 7 nitrogen and oxygen atoms in total. The number of ketones is 1. The van der Waals surface area contributed by atoms with Crippen LogP contribution in [-0.2, 0) is 4.74 Å². The van der Waals surface area contributed by atoms with Crippen molar-refractivity contribution in [2.45, 2.75) is 26.7 Å². The zero-order valence-electron chi connectivity index (χ0n) is 16.6. The van der Waals surface area contributed by atoms with Gasteiger partial charge in [0, 0.05) is 68.3 Å². The van der Waals surface area contributed by atoms with Crippen molar-refractivity contribution in [1.29, 1.82) is 0 Å². The Hall–Kier alpha value is -2.51. The van der Waals surface area contributed by atoms with Crippen molar-refractivity contribution in [1.82, 2.24) is 14.3 Å². The number of imidazole rings is 1. The molecule has 7 heteroatoms. The number of nitrogens with zero attached hydrogens (tertiary/aromatic N) is 4. The summed E-state index contributed by atoms with van der Waals surface area (Å²) in [5.74, 6) is 1.07. The van der Waals surface area contributed by atoms with Gasteiger partial charge in [-0.1, -0.05) is 6.92 Å². The molecule has 4 heterocycles. The molecule has 1 saturated heterocycles. The molecule has 2 aliphatic rings. The Kier molecular flexibility index (Phi) is 5.54. The highest BCUT2D eigenvalue weighted by Crippen LogP contribution is 2.32. The predicted octanol–water partition coefficient (Wildman–Crippen LogP) is 2.88. The number of aliphatic imine (C=N–C) groups is 1. The van der Waals surface area contributed by atoms with Gasteiger partial charge < -0.3 is 10.1 Å². The van der Waals surface area contributed by atoms with Gasteiger partial charge in [0.1, 0.15) is 17.2 Å². The van der Waals surface area contributed by atoms with Crippen LogP contribution in [0.4, 0.5) is 5.82 Å². The number of aromatic nitrogens is 2. The molecule has 1 N–H and O–H groups in total. The number of hydrogen-bond donors (Lipinski definition) is 1. The third kappa shape index (κ3) is 3.72. The summed E-state index contributed by atoms with van der Waals surface area (Å²) in [5, 5.41) is 3.58. The maximum absolute atomic E-state index is 12.2. The van der Waals surface area contributed by atoms with Gasteiger partial charge >= 0.3 is 0 Å². The molecule has 2 aromatic heterocycles. The highest BCUT2D eigenvalue weighted by molar-refractivity contribution is 5.96. The third-order valence-corrected chi connectivity index (χ3v) is 5.39. The van der Waals surface area contributed by atoms with Crippen molar-refractivity contribution in [2.24, 2.45) is 4.99 Å². The Bertz CT molecular complexity index is 938. The van der Waals surface area contributed by atoms with Crippen LogP contribution in [0.15, 0.2) is 29.0 Å². The number of allylic oxidation sites excluding steroid dienone is 2. The first-order valence-corrected chi connectivity index (χ1v) is 9.99. The van der Waals surface area contributed by atoms with E-state index in [0.29, 0.717) is 12.0 Å². The zero-order valence-corrected chi connectivity index (χ0v) is 16.6. The minimum atomic E-state index is 0.135. The molecule has 0 saturated carbocycles. The van der Waals surface area contributed by atoms with Crippen molar-refractivity contribution >= 4 is 29.0 Å². The fourth-order valence-electron chi connectivity index (χ4n) is 3.72. The Balaban J connectivity index is 1.65. The van der Waals surface area contributed by atoms with E-state index in [0.717, 1.165) is 74.2 Å². The van der Waals surface area contributed by atoms with E-state index in [2.05, 4.69) is 15.2 Å². The fourth-order valence-corrected chi connectivity index (χ4v) is 3.72. The van der Waals surface area contributed by atoms with Crippen molar-refractivity contribution in [3.63, 3.8) is 0 Å². The van der Waals surface area contributed by atoms with Crippen LogP contribution in [0.25, 0.3) is 11.2 Å². The second kappa shape index (κ2) is 8.24. The first-order valence-electron chi connectivity index (χ1n) is 9.99. The molecule has 0 amide bonds. The van der Waals surface area contributed by atoms with Crippen molar-refractivity contribution in [2.75, 3.05) is 44.7 Å². The summed E-state index contributed by atoms with van der Waals surface area (Å²) in [4.78, 5) is 23.9. The second-order valence-electron chi connectivity index (χ2n) is 7.19. The van der Waals surface area contributed by atoms with Crippen molar-refractivity contribution in [3.8, 4) is 0 Å². The number of pyridine rings is 1. The molecule has 0 radical (unpaired) electrons. The van der Waals surface area contributed by atoms with Crippen molar-refractivity contribution in [3.05, 3.63) is 35.3 Å². The molecule has 0 aliphatic carbocycles. The van der Waals surface area contributed by atoms with Gasteiger partial charge in [0.05, 0.1) is 13.2 Å². The lowest BCUT2D eigenvalue weighted by molar-refractivity contribution is 0.0398. The zero-order chi connectivity index (χ0) is 19.5. The quantitative estimate of drug-likeness (QED) is 0.747. The summed E-state index contributed by atoms with van der Waals surface area (Å²) in [7, 11) is 0. The van der Waals surface area contributed by atoms with E-state index < -0.39 is 0 Å². The highest BCUT2D eigenvalue weighted by Gasteiger charge is 2.20. The summed E-state index contributed by atoms with van der Waals surface area (Å²) in [6.07, 6.45) is 5.11. The number of carbonyl (C=O) groups is 1. The number of anilines is 1. The van der Waals surface area contributed by atoms with Gasteiger partial charge in [-0.25, -0.2) is 4.98 Å². The summed E-state index contributed by atoms with van der Waals surface area (Å²) in [5.41, 5.74) is 4.62. The molecule has 0 bridgehead atoms. The SMILES string of the molecule is CCC(=O)c1ccc2nc(C3=C(C)N=CC3)c(NCCN3CCOCC3)n2c1. The number of rotatable bonds is 7. The Morgan fingerprint density at radius 3 is 2.82 bits per heavy atom. The van der Waals surface area contributed by atoms with Crippen LogP contribution in [0.1, 0.15) is 42.7 Å². The molecular weight excluding hydrogens is 354 g/mol. The van der Waals surface area contributed by atoms with Gasteiger partial charge in [-0.05, 0) is 19.1 Å². The second-order valence-corrected chi connectivity index (χ2v) is 7.19. The van der Waals surface area contributed by atoms with Crippen LogP contribution >= 0.6 is 0 Å². The summed E-state index contributed by atoms with van der Waals surface area (Å²) in [6, 6.07) is 3.78. The molecule has 2 aromatic rings. The minimum absolute atomic E-state index is 0.135. The van der Waals surface area contributed by atoms with Crippen molar-refractivity contribution < 1.29 is 9.53 Å². The van der Waals surface area contributed by atoms with Crippen LogP contribution in [0.3, 0.4) is 0 Å². The number of carbonyl (C=O) groups excluding carboxylic acids is 1. The molecule has 0 atom stereocenters. The number of morpholine rings is 1. The molecule has 1 fully saturated rings. The van der Waals surface area contributed by atoms with E-state index in [4.69, 9.17) is 9.72 Å². The Labute approximate surface area is 165 Å². The lowest BCUT2D eigenvalue weighted by Crippen LogP contribution is -2.39. The normalized spacial score (nSPS) is 17.6. The molecule has 28 heavy (non-hydrogen) atoms. The number of fused-ring (bicyclic) bond motifs is 1. The summed E-state index contributed by atoms with van der Waals surface area (Å²) in [6.45, 7) is 9.19. The lowest BCUT2D eigenvalue weighted by Gasteiger charge is -2.26. The van der Waals surface area contributed by atoms with E-state index in [9.17, 15) is 4.79 Å². The van der Waals surface area contributed by atoms with E-state index in [1.165, 1.54) is 0 Å². The predicted molar refractivity (Wildman–Crippen MR) is 111 cm³/mol. The molecule has 0 aromatic carbocycles.